The first-order valence-corrected chi connectivity index (χ1v) is 8.47. The maximum atomic E-state index is 5.38. The van der Waals surface area contributed by atoms with Crippen LogP contribution in [0.15, 0.2) is 34.8 Å². The molecular formula is C14H13BrN2S2. The summed E-state index contributed by atoms with van der Waals surface area (Å²) in [6, 6.07) is 10.2. The molecule has 2 aromatic rings. The normalized spacial score (nSPS) is 18.7. The van der Waals surface area contributed by atoms with Gasteiger partial charge < -0.3 is 4.98 Å². The van der Waals surface area contributed by atoms with E-state index in [1.165, 1.54) is 18.6 Å². The summed E-state index contributed by atoms with van der Waals surface area (Å²) in [5, 5.41) is 0.456. The number of halogens is 1. The Morgan fingerprint density at radius 1 is 1.32 bits per heavy atom. The van der Waals surface area contributed by atoms with Gasteiger partial charge in [0.2, 0.25) is 0 Å². The molecule has 2 nitrogen and oxygen atoms in total. The van der Waals surface area contributed by atoms with Crippen molar-refractivity contribution in [2.45, 2.75) is 18.1 Å². The Morgan fingerprint density at radius 2 is 2.11 bits per heavy atom. The Hall–Kier alpha value is -0.650. The molecule has 1 fully saturated rings. The lowest BCUT2D eigenvalue weighted by Gasteiger charge is -2.12. The van der Waals surface area contributed by atoms with Gasteiger partial charge in [0.15, 0.2) is 0 Å². The van der Waals surface area contributed by atoms with Crippen LogP contribution in [0.3, 0.4) is 0 Å². The van der Waals surface area contributed by atoms with Crippen LogP contribution in [-0.4, -0.2) is 15.7 Å². The highest BCUT2D eigenvalue weighted by atomic mass is 79.9. The number of thioether (sulfide) groups is 1. The van der Waals surface area contributed by atoms with Crippen LogP contribution in [0.4, 0.5) is 0 Å². The monoisotopic (exact) mass is 352 g/mol. The SMILES string of the molecule is S=c1nc(C2CCCS2)[nH]c(-c2ccccc2)c1Br. The van der Waals surface area contributed by atoms with Gasteiger partial charge in [-0.05, 0) is 40.1 Å². The zero-order valence-corrected chi connectivity index (χ0v) is 13.4. The Kier molecular flexibility index (Phi) is 4.05. The summed E-state index contributed by atoms with van der Waals surface area (Å²) in [7, 11) is 0. The minimum absolute atomic E-state index is 0.456. The smallest absolute Gasteiger partial charge is 0.144 e. The van der Waals surface area contributed by atoms with Crippen molar-refractivity contribution in [3.05, 3.63) is 45.3 Å². The van der Waals surface area contributed by atoms with E-state index < -0.39 is 0 Å². The molecule has 0 radical (unpaired) electrons. The van der Waals surface area contributed by atoms with Gasteiger partial charge in [0.1, 0.15) is 10.5 Å². The fraction of sp³-hybridized carbons (Fsp3) is 0.286. The quantitative estimate of drug-likeness (QED) is 0.758. The molecule has 1 aromatic carbocycles. The number of hydrogen-bond donors (Lipinski definition) is 1. The molecule has 1 saturated heterocycles. The van der Waals surface area contributed by atoms with Crippen LogP contribution in [0.25, 0.3) is 11.3 Å². The molecule has 0 saturated carbocycles. The molecule has 19 heavy (non-hydrogen) atoms. The number of rotatable bonds is 2. The Bertz CT molecular complexity index is 634. The van der Waals surface area contributed by atoms with Crippen LogP contribution in [0, 0.1) is 4.64 Å². The Balaban J connectivity index is 2.11. The van der Waals surface area contributed by atoms with Crippen molar-refractivity contribution in [2.75, 3.05) is 5.75 Å². The van der Waals surface area contributed by atoms with Crippen LogP contribution >= 0.6 is 39.9 Å². The molecule has 1 aromatic heterocycles. The molecular weight excluding hydrogens is 340 g/mol. The molecule has 3 rings (SSSR count). The highest BCUT2D eigenvalue weighted by molar-refractivity contribution is 9.10. The Labute approximate surface area is 130 Å². The number of H-pyrrole nitrogens is 1. The van der Waals surface area contributed by atoms with Crippen LogP contribution in [0.1, 0.15) is 23.9 Å². The first kappa shape index (κ1) is 13.3. The molecule has 0 spiro atoms. The molecule has 1 unspecified atom stereocenters. The summed E-state index contributed by atoms with van der Waals surface area (Å²) >= 11 is 10.9. The summed E-state index contributed by atoms with van der Waals surface area (Å²) in [6.45, 7) is 0. The molecule has 1 N–H and O–H groups in total. The lowest BCUT2D eigenvalue weighted by Crippen LogP contribution is -2.01. The number of nitrogens with one attached hydrogen (secondary N) is 1. The summed E-state index contributed by atoms with van der Waals surface area (Å²) < 4.78 is 1.51. The van der Waals surface area contributed by atoms with Crippen molar-refractivity contribution in [1.82, 2.24) is 9.97 Å². The van der Waals surface area contributed by atoms with Gasteiger partial charge in [-0.3, -0.25) is 0 Å². The van der Waals surface area contributed by atoms with Gasteiger partial charge in [0.25, 0.3) is 0 Å². The summed E-state index contributed by atoms with van der Waals surface area (Å²) in [6.07, 6.45) is 2.44. The maximum absolute atomic E-state index is 5.38. The third kappa shape index (κ3) is 2.78. The highest BCUT2D eigenvalue weighted by Gasteiger charge is 2.21. The molecule has 1 atom stereocenters. The molecule has 1 aliphatic rings. The van der Waals surface area contributed by atoms with Gasteiger partial charge in [-0.1, -0.05) is 42.5 Å². The van der Waals surface area contributed by atoms with Crippen LogP contribution in [-0.2, 0) is 0 Å². The van der Waals surface area contributed by atoms with E-state index in [1.807, 2.05) is 30.0 Å². The predicted molar refractivity (Wildman–Crippen MR) is 87.0 cm³/mol. The highest BCUT2D eigenvalue weighted by Crippen LogP contribution is 2.39. The van der Waals surface area contributed by atoms with Gasteiger partial charge in [-0.2, -0.15) is 11.8 Å². The van der Waals surface area contributed by atoms with Crippen molar-refractivity contribution in [3.63, 3.8) is 0 Å². The van der Waals surface area contributed by atoms with Crippen molar-refractivity contribution in [1.29, 1.82) is 0 Å². The lowest BCUT2D eigenvalue weighted by molar-refractivity contribution is 0.775. The second-order valence-corrected chi connectivity index (χ2v) is 6.97. The van der Waals surface area contributed by atoms with Gasteiger partial charge in [0, 0.05) is 0 Å². The third-order valence-electron chi connectivity index (χ3n) is 3.18. The van der Waals surface area contributed by atoms with Crippen molar-refractivity contribution in [2.24, 2.45) is 0 Å². The molecule has 2 heterocycles. The van der Waals surface area contributed by atoms with Gasteiger partial charge >= 0.3 is 0 Å². The first-order chi connectivity index (χ1) is 9.25. The van der Waals surface area contributed by atoms with Crippen LogP contribution in [0.2, 0.25) is 0 Å². The number of aromatic amines is 1. The average Bonchev–Trinajstić information content (AvgIpc) is 2.97. The zero-order valence-electron chi connectivity index (χ0n) is 10.2. The fourth-order valence-corrected chi connectivity index (χ4v) is 4.06. The predicted octanol–water partition coefficient (Wildman–Crippen LogP) is 5.14. The van der Waals surface area contributed by atoms with Crippen molar-refractivity contribution < 1.29 is 0 Å². The summed E-state index contributed by atoms with van der Waals surface area (Å²) in [5.41, 5.74) is 2.16. The number of benzene rings is 1. The molecule has 0 bridgehead atoms. The largest absolute Gasteiger partial charge is 0.341 e. The number of nitrogens with zero attached hydrogens (tertiary/aromatic N) is 1. The molecule has 0 amide bonds. The lowest BCUT2D eigenvalue weighted by atomic mass is 10.1. The molecule has 1 aliphatic heterocycles. The third-order valence-corrected chi connectivity index (χ3v) is 5.90. The van der Waals surface area contributed by atoms with E-state index in [4.69, 9.17) is 12.2 Å². The van der Waals surface area contributed by atoms with Crippen molar-refractivity contribution in [3.8, 4) is 11.3 Å². The minimum atomic E-state index is 0.456. The molecule has 5 heteroatoms. The summed E-state index contributed by atoms with van der Waals surface area (Å²) in [4.78, 5) is 8.00. The minimum Gasteiger partial charge on any atom is -0.341 e. The standard InChI is InChI=1S/C14H13BrN2S2/c15-11-12(9-5-2-1-3-6-9)16-13(17-14(11)18)10-7-4-8-19-10/h1-3,5-6,10H,4,7-8H2,(H,16,17,18). The summed E-state index contributed by atoms with van der Waals surface area (Å²) in [5.74, 6) is 2.22. The van der Waals surface area contributed by atoms with Crippen molar-refractivity contribution >= 4 is 39.9 Å². The number of aromatic nitrogens is 2. The van der Waals surface area contributed by atoms with Crippen LogP contribution < -0.4 is 0 Å². The molecule has 0 aliphatic carbocycles. The van der Waals surface area contributed by atoms with E-state index in [1.54, 1.807) is 0 Å². The van der Waals surface area contributed by atoms with E-state index in [-0.39, 0.29) is 0 Å². The van der Waals surface area contributed by atoms with E-state index in [0.717, 1.165) is 21.6 Å². The van der Waals surface area contributed by atoms with Gasteiger partial charge in [-0.25, -0.2) is 4.98 Å². The average molecular weight is 353 g/mol. The van der Waals surface area contributed by atoms with E-state index in [2.05, 4.69) is 38.0 Å². The fourth-order valence-electron chi connectivity index (χ4n) is 2.23. The van der Waals surface area contributed by atoms with E-state index in [0.29, 0.717) is 9.89 Å². The maximum Gasteiger partial charge on any atom is 0.144 e. The second kappa shape index (κ2) is 5.77. The second-order valence-electron chi connectivity index (χ2n) is 4.48. The number of hydrogen-bond acceptors (Lipinski definition) is 3. The molecule has 98 valence electrons. The topological polar surface area (TPSA) is 28.7 Å². The van der Waals surface area contributed by atoms with E-state index in [9.17, 15) is 0 Å². The van der Waals surface area contributed by atoms with Gasteiger partial charge in [-0.15, -0.1) is 0 Å². The Morgan fingerprint density at radius 3 is 2.79 bits per heavy atom. The zero-order chi connectivity index (χ0) is 13.2. The van der Waals surface area contributed by atoms with Crippen LogP contribution in [0.5, 0.6) is 0 Å². The van der Waals surface area contributed by atoms with E-state index >= 15 is 0 Å². The van der Waals surface area contributed by atoms with Gasteiger partial charge in [0.05, 0.1) is 15.4 Å². The first-order valence-electron chi connectivity index (χ1n) is 6.22.